The molecule has 0 spiro atoms. The van der Waals surface area contributed by atoms with Crippen molar-refractivity contribution in [2.24, 2.45) is 5.92 Å². The van der Waals surface area contributed by atoms with Crippen LogP contribution in [-0.2, 0) is 4.79 Å². The van der Waals surface area contributed by atoms with Crippen LogP contribution >= 0.6 is 0 Å². The second-order valence-corrected chi connectivity index (χ2v) is 4.04. The van der Waals surface area contributed by atoms with Crippen LogP contribution in [0.2, 0.25) is 0 Å². The number of rotatable bonds is 4. The molecule has 1 rings (SSSR count). The first-order chi connectivity index (χ1) is 7.27. The van der Waals surface area contributed by atoms with Crippen LogP contribution in [0.5, 0.6) is 0 Å². The Morgan fingerprint density at radius 2 is 2.27 bits per heavy atom. The van der Waals surface area contributed by atoms with Crippen LogP contribution in [0.15, 0.2) is 0 Å². The zero-order chi connectivity index (χ0) is 11.1. The van der Waals surface area contributed by atoms with Gasteiger partial charge in [0.05, 0.1) is 6.04 Å². The van der Waals surface area contributed by atoms with E-state index in [0.29, 0.717) is 0 Å². The first-order valence-corrected chi connectivity index (χ1v) is 5.75. The molecule has 1 saturated heterocycles. The summed E-state index contributed by atoms with van der Waals surface area (Å²) in [4.78, 5) is 11.8. The van der Waals surface area contributed by atoms with Gasteiger partial charge in [0.1, 0.15) is 0 Å². The van der Waals surface area contributed by atoms with Crippen LogP contribution in [0.4, 0.5) is 0 Å². The number of carbonyl (C=O) groups excluding carboxylic acids is 1. The molecule has 1 atom stereocenters. The zero-order valence-corrected chi connectivity index (χ0v) is 9.38. The Kier molecular flexibility index (Phi) is 5.20. The van der Waals surface area contributed by atoms with E-state index in [0.717, 1.165) is 38.8 Å². The molecular formula is C12H20N2O. The summed E-state index contributed by atoms with van der Waals surface area (Å²) in [6, 6.07) is -0.0858. The van der Waals surface area contributed by atoms with Gasteiger partial charge in [-0.25, -0.2) is 0 Å². The predicted octanol–water partition coefficient (Wildman–Crippen LogP) is 0.904. The standard InChI is InChI=1S/C12H20N2O/c1-3-5-11(4-2)14-12(15)10-6-8-13-9-7-10/h2,10-11,13H,3,5-9H2,1H3,(H,14,15). The smallest absolute Gasteiger partial charge is 0.224 e. The average Bonchev–Trinajstić information content (AvgIpc) is 2.29. The quantitative estimate of drug-likeness (QED) is 0.674. The largest absolute Gasteiger partial charge is 0.342 e. The summed E-state index contributed by atoms with van der Waals surface area (Å²) in [5.41, 5.74) is 0. The van der Waals surface area contributed by atoms with Gasteiger partial charge in [0, 0.05) is 5.92 Å². The fourth-order valence-corrected chi connectivity index (χ4v) is 1.86. The molecule has 2 N–H and O–H groups in total. The van der Waals surface area contributed by atoms with E-state index in [-0.39, 0.29) is 17.9 Å². The maximum atomic E-state index is 11.8. The zero-order valence-electron chi connectivity index (χ0n) is 9.38. The lowest BCUT2D eigenvalue weighted by Crippen LogP contribution is -2.42. The topological polar surface area (TPSA) is 41.1 Å². The monoisotopic (exact) mass is 208 g/mol. The summed E-state index contributed by atoms with van der Waals surface area (Å²) in [6.45, 7) is 3.94. The molecule has 0 radical (unpaired) electrons. The fraction of sp³-hybridized carbons (Fsp3) is 0.750. The van der Waals surface area contributed by atoms with Crippen molar-refractivity contribution >= 4 is 5.91 Å². The number of hydrogen-bond acceptors (Lipinski definition) is 2. The summed E-state index contributed by atoms with van der Waals surface area (Å²) in [6.07, 6.45) is 9.08. The molecule has 0 saturated carbocycles. The summed E-state index contributed by atoms with van der Waals surface area (Å²) in [5.74, 6) is 2.91. The molecule has 1 unspecified atom stereocenters. The van der Waals surface area contributed by atoms with Gasteiger partial charge < -0.3 is 10.6 Å². The van der Waals surface area contributed by atoms with E-state index in [9.17, 15) is 4.79 Å². The van der Waals surface area contributed by atoms with E-state index in [2.05, 4.69) is 23.5 Å². The fourth-order valence-electron chi connectivity index (χ4n) is 1.86. The lowest BCUT2D eigenvalue weighted by atomic mass is 9.96. The van der Waals surface area contributed by atoms with Gasteiger partial charge in [0.2, 0.25) is 5.91 Å². The minimum absolute atomic E-state index is 0.0858. The summed E-state index contributed by atoms with van der Waals surface area (Å²) in [5, 5.41) is 6.18. The Hall–Kier alpha value is -1.01. The molecule has 3 nitrogen and oxygen atoms in total. The van der Waals surface area contributed by atoms with Crippen LogP contribution in [-0.4, -0.2) is 25.0 Å². The molecule has 1 aliphatic heterocycles. The number of piperidine rings is 1. The lowest BCUT2D eigenvalue weighted by Gasteiger charge is -2.23. The number of hydrogen-bond donors (Lipinski definition) is 2. The highest BCUT2D eigenvalue weighted by molar-refractivity contribution is 5.79. The third kappa shape index (κ3) is 3.93. The summed E-state index contributed by atoms with van der Waals surface area (Å²) < 4.78 is 0. The SMILES string of the molecule is C#CC(CCC)NC(=O)C1CCNCC1. The molecule has 0 aromatic carbocycles. The van der Waals surface area contributed by atoms with Crippen molar-refractivity contribution in [1.82, 2.24) is 10.6 Å². The van der Waals surface area contributed by atoms with Gasteiger partial charge in [0.25, 0.3) is 0 Å². The van der Waals surface area contributed by atoms with Crippen molar-refractivity contribution in [3.63, 3.8) is 0 Å². The van der Waals surface area contributed by atoms with Crippen LogP contribution in [0, 0.1) is 18.3 Å². The van der Waals surface area contributed by atoms with Gasteiger partial charge in [0.15, 0.2) is 0 Å². The molecule has 1 amide bonds. The molecule has 3 heteroatoms. The molecule has 0 aliphatic carbocycles. The van der Waals surface area contributed by atoms with Gasteiger partial charge >= 0.3 is 0 Å². The van der Waals surface area contributed by atoms with E-state index < -0.39 is 0 Å². The van der Waals surface area contributed by atoms with Gasteiger partial charge in [-0.2, -0.15) is 0 Å². The Labute approximate surface area is 92.0 Å². The van der Waals surface area contributed by atoms with E-state index in [1.165, 1.54) is 0 Å². The molecule has 1 heterocycles. The summed E-state index contributed by atoms with van der Waals surface area (Å²) >= 11 is 0. The van der Waals surface area contributed by atoms with Gasteiger partial charge in [-0.05, 0) is 32.4 Å². The maximum Gasteiger partial charge on any atom is 0.224 e. The number of terminal acetylenes is 1. The molecule has 1 aliphatic rings. The van der Waals surface area contributed by atoms with E-state index in [1.54, 1.807) is 0 Å². The van der Waals surface area contributed by atoms with Crippen molar-refractivity contribution in [2.75, 3.05) is 13.1 Å². The Morgan fingerprint density at radius 3 is 2.80 bits per heavy atom. The van der Waals surface area contributed by atoms with Gasteiger partial charge in [-0.1, -0.05) is 19.3 Å². The highest BCUT2D eigenvalue weighted by Crippen LogP contribution is 2.12. The second-order valence-electron chi connectivity index (χ2n) is 4.04. The first-order valence-electron chi connectivity index (χ1n) is 5.75. The molecule has 84 valence electrons. The highest BCUT2D eigenvalue weighted by Gasteiger charge is 2.22. The van der Waals surface area contributed by atoms with Crippen LogP contribution < -0.4 is 10.6 Å². The Bertz CT molecular complexity index is 238. The predicted molar refractivity (Wildman–Crippen MR) is 61.3 cm³/mol. The lowest BCUT2D eigenvalue weighted by molar-refractivity contribution is -0.126. The van der Waals surface area contributed by atoms with Crippen molar-refractivity contribution < 1.29 is 4.79 Å². The van der Waals surface area contributed by atoms with Crippen molar-refractivity contribution in [3.8, 4) is 12.3 Å². The number of carbonyl (C=O) groups is 1. The summed E-state index contributed by atoms with van der Waals surface area (Å²) in [7, 11) is 0. The average molecular weight is 208 g/mol. The van der Waals surface area contributed by atoms with Crippen molar-refractivity contribution in [3.05, 3.63) is 0 Å². The highest BCUT2D eigenvalue weighted by atomic mass is 16.1. The minimum Gasteiger partial charge on any atom is -0.342 e. The molecule has 0 aromatic rings. The van der Waals surface area contributed by atoms with E-state index in [1.807, 2.05) is 0 Å². The Morgan fingerprint density at radius 1 is 1.60 bits per heavy atom. The van der Waals surface area contributed by atoms with Crippen molar-refractivity contribution in [1.29, 1.82) is 0 Å². The molecular weight excluding hydrogens is 188 g/mol. The minimum atomic E-state index is -0.0858. The van der Waals surface area contributed by atoms with Crippen LogP contribution in [0.1, 0.15) is 32.6 Å². The second kappa shape index (κ2) is 6.47. The molecule has 1 fully saturated rings. The number of amides is 1. The molecule has 15 heavy (non-hydrogen) atoms. The van der Waals surface area contributed by atoms with Crippen molar-refractivity contribution in [2.45, 2.75) is 38.6 Å². The maximum absolute atomic E-state index is 11.8. The van der Waals surface area contributed by atoms with Crippen LogP contribution in [0.25, 0.3) is 0 Å². The number of nitrogens with one attached hydrogen (secondary N) is 2. The third-order valence-corrected chi connectivity index (χ3v) is 2.80. The first kappa shape index (κ1) is 12.1. The van der Waals surface area contributed by atoms with Crippen LogP contribution in [0.3, 0.4) is 0 Å². The molecule has 0 bridgehead atoms. The Balaban J connectivity index is 2.36. The van der Waals surface area contributed by atoms with Gasteiger partial charge in [-0.15, -0.1) is 6.42 Å². The van der Waals surface area contributed by atoms with E-state index >= 15 is 0 Å². The van der Waals surface area contributed by atoms with E-state index in [4.69, 9.17) is 6.42 Å². The third-order valence-electron chi connectivity index (χ3n) is 2.80. The molecule has 0 aromatic heterocycles. The normalized spacial score (nSPS) is 19.2. The van der Waals surface area contributed by atoms with Gasteiger partial charge in [-0.3, -0.25) is 4.79 Å².